The van der Waals surface area contributed by atoms with Gasteiger partial charge in [0.25, 0.3) is 5.91 Å². The average molecular weight is 386 g/mol. The van der Waals surface area contributed by atoms with Gasteiger partial charge in [-0.25, -0.2) is 4.98 Å². The van der Waals surface area contributed by atoms with Crippen LogP contribution >= 0.6 is 23.1 Å². The van der Waals surface area contributed by atoms with Gasteiger partial charge in [-0.15, -0.1) is 11.8 Å². The molecule has 0 aliphatic heterocycles. The van der Waals surface area contributed by atoms with Gasteiger partial charge in [-0.2, -0.15) is 0 Å². The number of thioether (sulfide) groups is 1. The van der Waals surface area contributed by atoms with Crippen LogP contribution in [0.4, 0.5) is 5.13 Å². The fraction of sp³-hybridized carbons (Fsp3) is 0.211. The fourth-order valence-electron chi connectivity index (χ4n) is 2.30. The summed E-state index contributed by atoms with van der Waals surface area (Å²) >= 11 is 3.11. The molecule has 3 aromatic rings. The third-order valence-electron chi connectivity index (χ3n) is 3.64. The molecule has 0 aliphatic rings. The van der Waals surface area contributed by atoms with Crippen LogP contribution in [0.25, 0.3) is 0 Å². The van der Waals surface area contributed by atoms with E-state index >= 15 is 0 Å². The van der Waals surface area contributed by atoms with Crippen molar-refractivity contribution >= 4 is 34.1 Å². The first kappa shape index (κ1) is 18.4. The Labute approximate surface area is 160 Å². The number of ether oxygens (including phenoxy) is 1. The first-order chi connectivity index (χ1) is 12.5. The van der Waals surface area contributed by atoms with Crippen molar-refractivity contribution in [1.82, 2.24) is 9.97 Å². The summed E-state index contributed by atoms with van der Waals surface area (Å²) in [5.74, 6) is 0.526. The molecule has 2 aromatic heterocycles. The first-order valence-electron chi connectivity index (χ1n) is 8.02. The van der Waals surface area contributed by atoms with Crippen LogP contribution in [-0.2, 0) is 6.61 Å². The molecule has 0 spiro atoms. The fourth-order valence-corrected chi connectivity index (χ4v) is 3.91. The molecule has 0 atom stereocenters. The normalized spacial score (nSPS) is 10.6. The molecule has 0 fully saturated rings. The van der Waals surface area contributed by atoms with E-state index in [1.807, 2.05) is 50.4 Å². The quantitative estimate of drug-likeness (QED) is 0.623. The van der Waals surface area contributed by atoms with Crippen LogP contribution in [0.15, 0.2) is 46.8 Å². The van der Waals surface area contributed by atoms with Crippen molar-refractivity contribution in [3.8, 4) is 5.75 Å². The lowest BCUT2D eigenvalue weighted by molar-refractivity contribution is 0.102. The number of aromatic nitrogens is 2. The van der Waals surface area contributed by atoms with Crippen molar-refractivity contribution in [2.45, 2.75) is 24.7 Å². The Hall–Kier alpha value is -2.38. The standard InChI is InChI=1S/C19H19N3O2S2/c1-12-7-8-16(10-20-12)24-11-14-5-4-6-15(9-14)17(23)22-19-21-13(2)18(25-3)26-19/h4-10H,11H2,1-3H3,(H,21,22,23). The van der Waals surface area contributed by atoms with Crippen LogP contribution in [0, 0.1) is 13.8 Å². The number of nitrogens with one attached hydrogen (secondary N) is 1. The summed E-state index contributed by atoms with van der Waals surface area (Å²) in [6, 6.07) is 11.2. The minimum atomic E-state index is -0.176. The minimum Gasteiger partial charge on any atom is -0.487 e. The van der Waals surface area contributed by atoms with Gasteiger partial charge in [0.05, 0.1) is 16.1 Å². The number of carbonyl (C=O) groups is 1. The zero-order chi connectivity index (χ0) is 18.5. The van der Waals surface area contributed by atoms with Crippen LogP contribution in [0.2, 0.25) is 0 Å². The van der Waals surface area contributed by atoms with Crippen molar-refractivity contribution in [2.24, 2.45) is 0 Å². The number of anilines is 1. The molecular weight excluding hydrogens is 366 g/mol. The Morgan fingerprint density at radius 1 is 1.27 bits per heavy atom. The Balaban J connectivity index is 1.65. The van der Waals surface area contributed by atoms with E-state index in [1.165, 1.54) is 11.3 Å². The van der Waals surface area contributed by atoms with Crippen LogP contribution in [0.3, 0.4) is 0 Å². The van der Waals surface area contributed by atoms with E-state index in [2.05, 4.69) is 15.3 Å². The highest BCUT2D eigenvalue weighted by Gasteiger charge is 2.12. The smallest absolute Gasteiger partial charge is 0.257 e. The number of thiazole rings is 1. The summed E-state index contributed by atoms with van der Waals surface area (Å²) in [5, 5.41) is 3.48. The Morgan fingerprint density at radius 3 is 2.81 bits per heavy atom. The molecule has 0 saturated carbocycles. The number of amides is 1. The Kier molecular flexibility index (Phi) is 5.90. The highest BCUT2D eigenvalue weighted by Crippen LogP contribution is 2.30. The summed E-state index contributed by atoms with van der Waals surface area (Å²) in [4.78, 5) is 21.1. The second kappa shape index (κ2) is 8.33. The molecule has 134 valence electrons. The van der Waals surface area contributed by atoms with Gasteiger partial charge in [0.2, 0.25) is 0 Å². The van der Waals surface area contributed by atoms with Gasteiger partial charge in [-0.1, -0.05) is 23.5 Å². The first-order valence-corrected chi connectivity index (χ1v) is 10.1. The molecule has 26 heavy (non-hydrogen) atoms. The van der Waals surface area contributed by atoms with E-state index in [1.54, 1.807) is 24.0 Å². The predicted molar refractivity (Wildman–Crippen MR) is 106 cm³/mol. The summed E-state index contributed by atoms with van der Waals surface area (Å²) in [6.45, 7) is 4.24. The van der Waals surface area contributed by atoms with Crippen molar-refractivity contribution in [3.05, 3.63) is 65.1 Å². The van der Waals surface area contributed by atoms with Gasteiger partial charge < -0.3 is 4.74 Å². The van der Waals surface area contributed by atoms with Gasteiger partial charge in [-0.3, -0.25) is 15.1 Å². The number of nitrogens with zero attached hydrogens (tertiary/aromatic N) is 2. The summed E-state index contributed by atoms with van der Waals surface area (Å²) in [5.41, 5.74) is 3.37. The largest absolute Gasteiger partial charge is 0.487 e. The molecule has 0 radical (unpaired) electrons. The maximum atomic E-state index is 12.5. The molecule has 1 amide bonds. The van der Waals surface area contributed by atoms with Crippen molar-refractivity contribution < 1.29 is 9.53 Å². The van der Waals surface area contributed by atoms with Gasteiger partial charge in [0, 0.05) is 11.3 Å². The highest BCUT2D eigenvalue weighted by atomic mass is 32.2. The van der Waals surface area contributed by atoms with Gasteiger partial charge in [-0.05, 0) is 49.9 Å². The van der Waals surface area contributed by atoms with E-state index in [9.17, 15) is 4.79 Å². The van der Waals surface area contributed by atoms with Crippen molar-refractivity contribution in [3.63, 3.8) is 0 Å². The lowest BCUT2D eigenvalue weighted by atomic mass is 10.1. The van der Waals surface area contributed by atoms with Gasteiger partial charge in [0.1, 0.15) is 12.4 Å². The Morgan fingerprint density at radius 2 is 2.12 bits per heavy atom. The zero-order valence-corrected chi connectivity index (χ0v) is 16.4. The number of carbonyl (C=O) groups excluding carboxylic acids is 1. The third kappa shape index (κ3) is 4.62. The number of hydrogen-bond acceptors (Lipinski definition) is 6. The second-order valence-corrected chi connectivity index (χ2v) is 7.75. The molecule has 1 N–H and O–H groups in total. The molecule has 3 rings (SSSR count). The zero-order valence-electron chi connectivity index (χ0n) is 14.8. The average Bonchev–Trinajstić information content (AvgIpc) is 3.00. The molecule has 1 aromatic carbocycles. The van der Waals surface area contributed by atoms with Crippen LogP contribution < -0.4 is 10.1 Å². The number of pyridine rings is 1. The second-order valence-electron chi connectivity index (χ2n) is 5.67. The van der Waals surface area contributed by atoms with Gasteiger partial charge in [0.15, 0.2) is 5.13 Å². The highest BCUT2D eigenvalue weighted by molar-refractivity contribution is 8.00. The van der Waals surface area contributed by atoms with E-state index in [4.69, 9.17) is 4.74 Å². The molecule has 0 unspecified atom stereocenters. The van der Waals surface area contributed by atoms with E-state index in [0.29, 0.717) is 23.1 Å². The Bertz CT molecular complexity index is 907. The van der Waals surface area contributed by atoms with E-state index in [0.717, 1.165) is 21.2 Å². The maximum Gasteiger partial charge on any atom is 0.257 e. The molecule has 0 aliphatic carbocycles. The topological polar surface area (TPSA) is 64.1 Å². The summed E-state index contributed by atoms with van der Waals surface area (Å²) < 4.78 is 6.83. The van der Waals surface area contributed by atoms with E-state index < -0.39 is 0 Å². The molecule has 0 bridgehead atoms. The number of aryl methyl sites for hydroxylation is 2. The van der Waals surface area contributed by atoms with Gasteiger partial charge >= 0.3 is 0 Å². The lowest BCUT2D eigenvalue weighted by Gasteiger charge is -2.08. The lowest BCUT2D eigenvalue weighted by Crippen LogP contribution is -2.12. The third-order valence-corrected chi connectivity index (χ3v) is 5.92. The molecule has 0 saturated heterocycles. The molecular formula is C19H19N3O2S2. The van der Waals surface area contributed by atoms with Crippen LogP contribution in [0.1, 0.15) is 27.3 Å². The summed E-state index contributed by atoms with van der Waals surface area (Å²) in [6.07, 6.45) is 3.69. The minimum absolute atomic E-state index is 0.176. The molecule has 5 nitrogen and oxygen atoms in total. The maximum absolute atomic E-state index is 12.5. The van der Waals surface area contributed by atoms with Crippen LogP contribution in [-0.4, -0.2) is 22.1 Å². The van der Waals surface area contributed by atoms with Crippen molar-refractivity contribution in [1.29, 1.82) is 0 Å². The number of rotatable bonds is 6. The molecule has 2 heterocycles. The number of benzene rings is 1. The summed E-state index contributed by atoms with van der Waals surface area (Å²) in [7, 11) is 0. The number of hydrogen-bond donors (Lipinski definition) is 1. The van der Waals surface area contributed by atoms with E-state index in [-0.39, 0.29) is 5.91 Å². The van der Waals surface area contributed by atoms with Crippen molar-refractivity contribution in [2.75, 3.05) is 11.6 Å². The SMILES string of the molecule is CSc1sc(NC(=O)c2cccc(COc3ccc(C)nc3)c2)nc1C. The monoisotopic (exact) mass is 385 g/mol. The van der Waals surface area contributed by atoms with Crippen LogP contribution in [0.5, 0.6) is 5.75 Å². The predicted octanol–water partition coefficient (Wildman–Crippen LogP) is 4.71. The molecule has 7 heteroatoms.